The minimum atomic E-state index is -0.0614. The zero-order valence-electron chi connectivity index (χ0n) is 6.53. The molecule has 0 amide bonds. The minimum absolute atomic E-state index is 0.0614. The van der Waals surface area contributed by atoms with E-state index in [4.69, 9.17) is 10.5 Å². The van der Waals surface area contributed by atoms with Crippen molar-refractivity contribution in [2.45, 2.75) is 6.04 Å². The largest absolute Gasteiger partial charge is 0.383 e. The monoisotopic (exact) mass is 152 g/mol. The Morgan fingerprint density at radius 3 is 3.09 bits per heavy atom. The Bertz CT molecular complexity index is 201. The van der Waals surface area contributed by atoms with E-state index in [2.05, 4.69) is 4.98 Å². The van der Waals surface area contributed by atoms with Gasteiger partial charge in [0.1, 0.15) is 0 Å². The second-order valence-corrected chi connectivity index (χ2v) is 2.35. The van der Waals surface area contributed by atoms with Crippen molar-refractivity contribution in [1.82, 2.24) is 4.98 Å². The molecular weight excluding hydrogens is 140 g/mol. The number of hydrogen-bond acceptors (Lipinski definition) is 3. The second kappa shape index (κ2) is 4.05. The quantitative estimate of drug-likeness (QED) is 0.694. The van der Waals surface area contributed by atoms with Crippen LogP contribution in [-0.2, 0) is 4.74 Å². The van der Waals surface area contributed by atoms with Crippen molar-refractivity contribution in [3.05, 3.63) is 30.1 Å². The fourth-order valence-corrected chi connectivity index (χ4v) is 0.871. The molecular formula is C8H12N2O. The molecule has 11 heavy (non-hydrogen) atoms. The maximum atomic E-state index is 5.74. The lowest BCUT2D eigenvalue weighted by atomic mass is 10.1. The summed E-state index contributed by atoms with van der Waals surface area (Å²) in [4.78, 5) is 3.95. The van der Waals surface area contributed by atoms with Gasteiger partial charge in [-0.3, -0.25) is 4.98 Å². The van der Waals surface area contributed by atoms with E-state index in [0.717, 1.165) is 5.56 Å². The Morgan fingerprint density at radius 2 is 2.55 bits per heavy atom. The Labute approximate surface area is 66.2 Å². The molecule has 0 saturated carbocycles. The van der Waals surface area contributed by atoms with E-state index in [1.165, 1.54) is 0 Å². The fourth-order valence-electron chi connectivity index (χ4n) is 0.871. The topological polar surface area (TPSA) is 48.1 Å². The number of rotatable bonds is 3. The average Bonchev–Trinajstić information content (AvgIpc) is 2.07. The summed E-state index contributed by atoms with van der Waals surface area (Å²) in [6.07, 6.45) is 3.48. The van der Waals surface area contributed by atoms with Crippen LogP contribution in [0.4, 0.5) is 0 Å². The number of nitrogens with zero attached hydrogens (tertiary/aromatic N) is 1. The highest BCUT2D eigenvalue weighted by molar-refractivity contribution is 5.12. The van der Waals surface area contributed by atoms with Crippen molar-refractivity contribution in [3.8, 4) is 0 Å². The number of ether oxygens (including phenoxy) is 1. The van der Waals surface area contributed by atoms with Gasteiger partial charge < -0.3 is 10.5 Å². The molecule has 3 heteroatoms. The van der Waals surface area contributed by atoms with Gasteiger partial charge in [0, 0.05) is 19.5 Å². The Balaban J connectivity index is 2.61. The van der Waals surface area contributed by atoms with Crippen LogP contribution in [0.1, 0.15) is 11.6 Å². The highest BCUT2D eigenvalue weighted by Crippen LogP contribution is 2.06. The summed E-state index contributed by atoms with van der Waals surface area (Å²) in [5, 5.41) is 0. The number of hydrogen-bond donors (Lipinski definition) is 1. The van der Waals surface area contributed by atoms with Crippen LogP contribution < -0.4 is 5.73 Å². The van der Waals surface area contributed by atoms with Gasteiger partial charge in [-0.05, 0) is 11.6 Å². The molecule has 0 aliphatic heterocycles. The fraction of sp³-hybridized carbons (Fsp3) is 0.375. The van der Waals surface area contributed by atoms with Crippen molar-refractivity contribution in [3.63, 3.8) is 0 Å². The number of methoxy groups -OCH3 is 1. The van der Waals surface area contributed by atoms with Crippen LogP contribution in [0.5, 0.6) is 0 Å². The van der Waals surface area contributed by atoms with E-state index in [1.807, 2.05) is 12.1 Å². The second-order valence-electron chi connectivity index (χ2n) is 2.35. The molecule has 1 aromatic heterocycles. The molecule has 0 spiro atoms. The number of aromatic nitrogens is 1. The van der Waals surface area contributed by atoms with E-state index in [9.17, 15) is 0 Å². The summed E-state index contributed by atoms with van der Waals surface area (Å²) in [7, 11) is 1.64. The van der Waals surface area contributed by atoms with Crippen molar-refractivity contribution in [2.75, 3.05) is 13.7 Å². The first kappa shape index (κ1) is 8.17. The molecule has 1 atom stereocenters. The molecule has 0 aromatic carbocycles. The first-order valence-corrected chi connectivity index (χ1v) is 3.49. The molecule has 0 saturated heterocycles. The molecule has 3 nitrogen and oxygen atoms in total. The smallest absolute Gasteiger partial charge is 0.0656 e. The number of pyridine rings is 1. The van der Waals surface area contributed by atoms with Gasteiger partial charge in [-0.15, -0.1) is 0 Å². The molecule has 0 unspecified atom stereocenters. The van der Waals surface area contributed by atoms with Gasteiger partial charge in [0.2, 0.25) is 0 Å². The van der Waals surface area contributed by atoms with Crippen molar-refractivity contribution in [2.24, 2.45) is 5.73 Å². The Kier molecular flexibility index (Phi) is 3.01. The zero-order chi connectivity index (χ0) is 8.10. The lowest BCUT2D eigenvalue weighted by Crippen LogP contribution is -2.15. The molecule has 2 N–H and O–H groups in total. The van der Waals surface area contributed by atoms with E-state index in [0.29, 0.717) is 6.61 Å². The van der Waals surface area contributed by atoms with Crippen molar-refractivity contribution >= 4 is 0 Å². The van der Waals surface area contributed by atoms with Gasteiger partial charge in [0.05, 0.1) is 12.6 Å². The van der Waals surface area contributed by atoms with Gasteiger partial charge in [-0.2, -0.15) is 0 Å². The van der Waals surface area contributed by atoms with Gasteiger partial charge >= 0.3 is 0 Å². The third-order valence-corrected chi connectivity index (χ3v) is 1.46. The highest BCUT2D eigenvalue weighted by Gasteiger charge is 2.03. The highest BCUT2D eigenvalue weighted by atomic mass is 16.5. The molecule has 0 fully saturated rings. The van der Waals surface area contributed by atoms with Crippen LogP contribution in [-0.4, -0.2) is 18.7 Å². The van der Waals surface area contributed by atoms with Crippen LogP contribution in [0.2, 0.25) is 0 Å². The lowest BCUT2D eigenvalue weighted by Gasteiger charge is -2.08. The SMILES string of the molecule is COC[C@H](N)c1cccnc1. The summed E-state index contributed by atoms with van der Waals surface area (Å²) in [6.45, 7) is 0.533. The maximum Gasteiger partial charge on any atom is 0.0656 e. The summed E-state index contributed by atoms with van der Waals surface area (Å²) in [5.41, 5.74) is 6.75. The van der Waals surface area contributed by atoms with E-state index >= 15 is 0 Å². The zero-order valence-corrected chi connectivity index (χ0v) is 6.53. The van der Waals surface area contributed by atoms with Crippen LogP contribution in [0, 0.1) is 0 Å². The predicted octanol–water partition coefficient (Wildman–Crippen LogP) is 0.728. The third-order valence-electron chi connectivity index (χ3n) is 1.46. The predicted molar refractivity (Wildman–Crippen MR) is 43.0 cm³/mol. The maximum absolute atomic E-state index is 5.74. The average molecular weight is 152 g/mol. The molecule has 60 valence electrons. The summed E-state index contributed by atoms with van der Waals surface area (Å²) in [5.74, 6) is 0. The van der Waals surface area contributed by atoms with E-state index < -0.39 is 0 Å². The standard InChI is InChI=1S/C8H12N2O/c1-11-6-8(9)7-3-2-4-10-5-7/h2-5,8H,6,9H2,1H3/t8-/m0/s1. The van der Waals surface area contributed by atoms with Gasteiger partial charge in [-0.25, -0.2) is 0 Å². The van der Waals surface area contributed by atoms with Gasteiger partial charge in [0.25, 0.3) is 0 Å². The van der Waals surface area contributed by atoms with E-state index in [1.54, 1.807) is 19.5 Å². The third kappa shape index (κ3) is 2.29. The molecule has 0 bridgehead atoms. The van der Waals surface area contributed by atoms with Crippen LogP contribution in [0.15, 0.2) is 24.5 Å². The summed E-state index contributed by atoms with van der Waals surface area (Å²) < 4.78 is 4.91. The van der Waals surface area contributed by atoms with Gasteiger partial charge in [-0.1, -0.05) is 6.07 Å². The molecule has 0 aliphatic carbocycles. The first-order valence-electron chi connectivity index (χ1n) is 3.49. The van der Waals surface area contributed by atoms with Crippen LogP contribution in [0.25, 0.3) is 0 Å². The van der Waals surface area contributed by atoms with Crippen molar-refractivity contribution in [1.29, 1.82) is 0 Å². The minimum Gasteiger partial charge on any atom is -0.383 e. The Hall–Kier alpha value is -0.930. The molecule has 0 aliphatic rings. The summed E-state index contributed by atoms with van der Waals surface area (Å²) >= 11 is 0. The molecule has 1 rings (SSSR count). The molecule has 0 radical (unpaired) electrons. The van der Waals surface area contributed by atoms with Crippen molar-refractivity contribution < 1.29 is 4.74 Å². The Morgan fingerprint density at radius 1 is 1.73 bits per heavy atom. The summed E-state index contributed by atoms with van der Waals surface area (Å²) in [6, 6.07) is 3.75. The number of nitrogens with two attached hydrogens (primary N) is 1. The first-order chi connectivity index (χ1) is 5.34. The molecule has 1 heterocycles. The normalized spacial score (nSPS) is 12.9. The van der Waals surface area contributed by atoms with E-state index in [-0.39, 0.29) is 6.04 Å². The lowest BCUT2D eigenvalue weighted by molar-refractivity contribution is 0.181. The van der Waals surface area contributed by atoms with Gasteiger partial charge in [0.15, 0.2) is 0 Å². The van der Waals surface area contributed by atoms with Crippen LogP contribution in [0.3, 0.4) is 0 Å². The molecule has 1 aromatic rings. The van der Waals surface area contributed by atoms with Crippen LogP contribution >= 0.6 is 0 Å².